The van der Waals surface area contributed by atoms with Crippen LogP contribution in [0.3, 0.4) is 0 Å². The highest BCUT2D eigenvalue weighted by Gasteiger charge is 2.22. The van der Waals surface area contributed by atoms with Crippen LogP contribution in [0.25, 0.3) is 0 Å². The molecule has 0 aromatic heterocycles. The average molecular weight is 988 g/mol. The van der Waals surface area contributed by atoms with E-state index in [2.05, 4.69) is 31.4 Å². The quantitative estimate of drug-likeness (QED) is 0.0392. The first-order valence-electron chi connectivity index (χ1n) is 28.2. The molecule has 0 spiro atoms. The Bertz CT molecular complexity index is 1120. The van der Waals surface area contributed by atoms with Crippen LogP contribution in [0.2, 0.25) is 0 Å². The fraction of sp³-hybridized carbons (Fsp3) is 0.927. The molecule has 0 aliphatic heterocycles. The number of thioether (sulfide) groups is 1. The molecule has 0 aliphatic carbocycles. The Hall–Kier alpha value is -1.93. The van der Waals surface area contributed by atoms with Crippen LogP contribution in [-0.4, -0.2) is 112 Å². The van der Waals surface area contributed by atoms with Crippen LogP contribution < -0.4 is 10.6 Å². The summed E-state index contributed by atoms with van der Waals surface area (Å²) in [6.07, 6.45) is 39.3. The van der Waals surface area contributed by atoms with Crippen LogP contribution in [0, 0.1) is 0 Å². The Morgan fingerprint density at radius 2 is 0.838 bits per heavy atom. The van der Waals surface area contributed by atoms with Crippen molar-refractivity contribution >= 4 is 35.6 Å². The van der Waals surface area contributed by atoms with Crippen molar-refractivity contribution in [3.63, 3.8) is 0 Å². The van der Waals surface area contributed by atoms with E-state index in [1.165, 1.54) is 166 Å². The van der Waals surface area contributed by atoms with Crippen molar-refractivity contribution in [2.24, 2.45) is 0 Å². The summed E-state index contributed by atoms with van der Waals surface area (Å²) in [5.41, 5.74) is 0. The number of carboxylic acids is 1. The van der Waals surface area contributed by atoms with E-state index in [9.17, 15) is 19.2 Å². The van der Waals surface area contributed by atoms with Gasteiger partial charge in [0.2, 0.25) is 5.91 Å². The first-order chi connectivity index (χ1) is 33.3. The molecule has 0 heterocycles. The van der Waals surface area contributed by atoms with E-state index in [4.69, 9.17) is 28.8 Å². The van der Waals surface area contributed by atoms with Crippen molar-refractivity contribution in [3.05, 3.63) is 0 Å². The van der Waals surface area contributed by atoms with Gasteiger partial charge in [0, 0.05) is 30.9 Å². The van der Waals surface area contributed by atoms with Crippen LogP contribution in [0.15, 0.2) is 0 Å². The molecule has 0 saturated carbocycles. The Morgan fingerprint density at radius 3 is 1.29 bits per heavy atom. The summed E-state index contributed by atoms with van der Waals surface area (Å²) in [5.74, 6) is -0.599. The van der Waals surface area contributed by atoms with Gasteiger partial charge in [-0.15, -0.1) is 0 Å². The van der Waals surface area contributed by atoms with Gasteiger partial charge in [-0.1, -0.05) is 207 Å². The minimum absolute atomic E-state index is 0.0227. The summed E-state index contributed by atoms with van der Waals surface area (Å²) >= 11 is 1.54. The molecule has 0 aliphatic rings. The number of carbonyl (C=O) groups excluding carboxylic acids is 3. The van der Waals surface area contributed by atoms with E-state index in [0.29, 0.717) is 63.9 Å². The Labute approximate surface area is 421 Å². The maximum atomic E-state index is 13.5. The van der Waals surface area contributed by atoms with Crippen LogP contribution in [0.4, 0.5) is 0 Å². The number of hydrogen-bond acceptors (Lipinski definition) is 11. The van der Waals surface area contributed by atoms with E-state index in [0.717, 1.165) is 57.9 Å². The Balaban J connectivity index is 5.06. The lowest BCUT2D eigenvalue weighted by atomic mass is 10.0. The molecule has 13 heteroatoms. The van der Waals surface area contributed by atoms with Gasteiger partial charge in [0.05, 0.1) is 52.1 Å². The molecule has 0 aromatic rings. The first kappa shape index (κ1) is 66.1. The van der Waals surface area contributed by atoms with Gasteiger partial charge in [-0.25, -0.2) is 0 Å². The minimum Gasteiger partial charge on any atom is -0.481 e. The maximum Gasteiger partial charge on any atom is 0.306 e. The molecule has 402 valence electrons. The zero-order valence-corrected chi connectivity index (χ0v) is 45.0. The third kappa shape index (κ3) is 50.5. The van der Waals surface area contributed by atoms with E-state index in [-0.39, 0.29) is 37.5 Å². The van der Waals surface area contributed by atoms with Gasteiger partial charge in [0.25, 0.3) is 0 Å². The molecule has 0 aromatic carbocycles. The van der Waals surface area contributed by atoms with Crippen LogP contribution in [0.1, 0.15) is 245 Å². The third-order valence-corrected chi connectivity index (χ3v) is 13.4. The molecule has 0 saturated heterocycles. The zero-order valence-electron chi connectivity index (χ0n) is 44.2. The van der Waals surface area contributed by atoms with Crippen molar-refractivity contribution in [1.82, 2.24) is 10.6 Å². The smallest absolute Gasteiger partial charge is 0.306 e. The maximum absolute atomic E-state index is 13.5. The van der Waals surface area contributed by atoms with Crippen molar-refractivity contribution in [2.45, 2.75) is 258 Å². The van der Waals surface area contributed by atoms with E-state index in [1.54, 1.807) is 0 Å². The summed E-state index contributed by atoms with van der Waals surface area (Å²) in [6, 6.07) is -0.445. The molecule has 0 bridgehead atoms. The lowest BCUT2D eigenvalue weighted by molar-refractivity contribution is -0.157. The van der Waals surface area contributed by atoms with Crippen LogP contribution in [0.5, 0.6) is 0 Å². The molecule has 0 radical (unpaired) electrons. The van der Waals surface area contributed by atoms with Crippen molar-refractivity contribution in [2.75, 3.05) is 70.8 Å². The number of carboxylic acid groups (broad SMARTS) is 1. The van der Waals surface area contributed by atoms with Gasteiger partial charge in [-0.2, -0.15) is 11.8 Å². The van der Waals surface area contributed by atoms with Crippen LogP contribution in [-0.2, 0) is 42.9 Å². The predicted octanol–water partition coefficient (Wildman–Crippen LogP) is 13.1. The summed E-state index contributed by atoms with van der Waals surface area (Å²) in [4.78, 5) is 49.9. The second-order valence-electron chi connectivity index (χ2n) is 18.9. The normalized spacial score (nSPS) is 12.3. The first-order valence-corrected chi connectivity index (χ1v) is 29.4. The molecule has 2 atom stereocenters. The molecule has 0 fully saturated rings. The molecule has 1 amide bonds. The van der Waals surface area contributed by atoms with Gasteiger partial charge in [-0.05, 0) is 25.8 Å². The standard InChI is InChI=1S/C55H106N2O10S/c1-4-7-10-13-16-19-20-21-22-23-26-29-32-35-39-56-51(55(62)57-40-42-64-44-46-65-45-43-63-41-38-52(58)59)49-68-48-50(67-54(61)37-34-31-28-25-18-15-12-9-6-3)47-66-53(60)36-33-30-27-24-17-14-11-8-5-2/h50-51,56H,4-49H2,1-3H3,(H,57,62)(H,58,59)/t50-,51+/m1/s1. The number of ether oxygens (including phenoxy) is 5. The molecule has 3 N–H and O–H groups in total. The van der Waals surface area contributed by atoms with Gasteiger partial charge < -0.3 is 39.4 Å². The van der Waals surface area contributed by atoms with Gasteiger partial charge in [-0.3, -0.25) is 19.2 Å². The minimum atomic E-state index is -0.891. The molecule has 68 heavy (non-hydrogen) atoms. The van der Waals surface area contributed by atoms with Crippen molar-refractivity contribution in [3.8, 4) is 0 Å². The summed E-state index contributed by atoms with van der Waals surface area (Å²) in [6.45, 7) is 9.75. The highest BCUT2D eigenvalue weighted by molar-refractivity contribution is 7.99. The lowest BCUT2D eigenvalue weighted by Gasteiger charge is -2.21. The molecular formula is C55H106N2O10S. The summed E-state index contributed by atoms with van der Waals surface area (Å²) in [7, 11) is 0. The summed E-state index contributed by atoms with van der Waals surface area (Å²) in [5, 5.41) is 15.2. The van der Waals surface area contributed by atoms with E-state index >= 15 is 0 Å². The summed E-state index contributed by atoms with van der Waals surface area (Å²) < 4.78 is 28.0. The lowest BCUT2D eigenvalue weighted by Crippen LogP contribution is -2.47. The SMILES string of the molecule is CCCCCCCCCCCCCCCCN[C@@H](CSC[C@@H](COC(=O)CCCCCCCCCCC)OC(=O)CCCCCCCCCCC)C(=O)NCCOCCOCCOCCC(=O)O. The zero-order chi connectivity index (χ0) is 49.6. The second-order valence-corrected chi connectivity index (χ2v) is 19.9. The van der Waals surface area contributed by atoms with E-state index < -0.39 is 18.1 Å². The Morgan fingerprint density at radius 1 is 0.441 bits per heavy atom. The molecule has 0 rings (SSSR count). The monoisotopic (exact) mass is 987 g/mol. The number of unbranched alkanes of at least 4 members (excludes halogenated alkanes) is 29. The highest BCUT2D eigenvalue weighted by atomic mass is 32.2. The third-order valence-electron chi connectivity index (χ3n) is 12.3. The van der Waals surface area contributed by atoms with Gasteiger partial charge in [0.15, 0.2) is 0 Å². The number of aliphatic carboxylic acids is 1. The van der Waals surface area contributed by atoms with E-state index in [1.807, 2.05) is 0 Å². The number of nitrogens with one attached hydrogen (secondary N) is 2. The van der Waals surface area contributed by atoms with Gasteiger partial charge in [0.1, 0.15) is 12.7 Å². The fourth-order valence-corrected chi connectivity index (χ4v) is 9.06. The predicted molar refractivity (Wildman–Crippen MR) is 282 cm³/mol. The van der Waals surface area contributed by atoms with Gasteiger partial charge >= 0.3 is 17.9 Å². The van der Waals surface area contributed by atoms with Crippen molar-refractivity contribution in [1.29, 1.82) is 0 Å². The number of amides is 1. The number of carbonyl (C=O) groups is 4. The number of hydrogen-bond donors (Lipinski definition) is 3. The van der Waals surface area contributed by atoms with Crippen LogP contribution >= 0.6 is 11.8 Å². The second kappa shape index (κ2) is 54.4. The average Bonchev–Trinajstić information content (AvgIpc) is 3.32. The van der Waals surface area contributed by atoms with Crippen molar-refractivity contribution < 1.29 is 48.0 Å². The fourth-order valence-electron chi connectivity index (χ4n) is 7.99. The molecule has 0 unspecified atom stereocenters. The molecule has 12 nitrogen and oxygen atoms in total. The Kier molecular flexibility index (Phi) is 52.9. The number of rotatable bonds is 56. The largest absolute Gasteiger partial charge is 0.481 e. The highest BCUT2D eigenvalue weighted by Crippen LogP contribution is 2.16. The number of esters is 2. The topological polar surface area (TPSA) is 159 Å². The molecular weight excluding hydrogens is 881 g/mol.